The van der Waals surface area contributed by atoms with Crippen LogP contribution in [0.3, 0.4) is 0 Å². The minimum absolute atomic E-state index is 0. The van der Waals surface area contributed by atoms with Crippen molar-refractivity contribution in [1.29, 1.82) is 0 Å². The third-order valence-corrected chi connectivity index (χ3v) is 28.9. The Kier molecular flexibility index (Phi) is 24.1. The van der Waals surface area contributed by atoms with Crippen molar-refractivity contribution in [2.24, 2.45) is 0 Å². The van der Waals surface area contributed by atoms with Gasteiger partial charge >= 0.3 is 12.1 Å². The van der Waals surface area contributed by atoms with Gasteiger partial charge in [0.1, 0.15) is 48.9 Å². The van der Waals surface area contributed by atoms with E-state index in [1.165, 1.54) is 94.1 Å². The first-order valence-electron chi connectivity index (χ1n) is 44.0. The number of fused-ring (bicyclic) bond motifs is 36. The van der Waals surface area contributed by atoms with Gasteiger partial charge in [-0.2, -0.15) is 4.57 Å². The van der Waals surface area contributed by atoms with Crippen molar-refractivity contribution in [2.45, 2.75) is 190 Å². The van der Waals surface area contributed by atoms with Crippen molar-refractivity contribution < 1.29 is 78.8 Å². The van der Waals surface area contributed by atoms with Gasteiger partial charge < -0.3 is 96.7 Å². The normalized spacial score (nSPS) is 30.2. The Bertz CT molecular complexity index is 6000. The number of likely N-dealkylation sites (tertiary alicyclic amines) is 2. The number of rotatable bonds is 5. The third kappa shape index (κ3) is 16.0. The number of carboxylic acids is 1. The fraction of sp³-hybridized carbons (Fsp3) is 0.447. The number of aromatic amines is 1. The number of aliphatic hydroxyl groups is 7. The highest BCUT2D eigenvalue weighted by Gasteiger charge is 2.52. The number of nitrogens with one attached hydrogen (secondary N) is 4. The Morgan fingerprint density at radius 3 is 1.22 bits per heavy atom. The fourth-order valence-electron chi connectivity index (χ4n) is 22.9. The number of benzene rings is 6. The molecule has 7 saturated heterocycles. The van der Waals surface area contributed by atoms with Gasteiger partial charge in [-0.05, 0) is 232 Å². The number of carbonyl (C=O) groups excluding carboxylic acids is 3. The number of aliphatic hydroxyl groups excluding tert-OH is 7. The lowest BCUT2D eigenvalue weighted by atomic mass is 9.87. The summed E-state index contributed by atoms with van der Waals surface area (Å²) in [6.07, 6.45) is 14.9. The van der Waals surface area contributed by atoms with Crippen molar-refractivity contribution in [2.75, 3.05) is 72.1 Å². The van der Waals surface area contributed by atoms with Gasteiger partial charge in [-0.3, -0.25) is 49.5 Å². The molecule has 15 N–H and O–H groups in total. The molecular weight excluding hydrogens is 1640 g/mol. The number of piperidine rings is 5. The minimum atomic E-state index is -1.85. The van der Waals surface area contributed by atoms with E-state index in [2.05, 4.69) is 131 Å². The highest BCUT2D eigenvalue weighted by molar-refractivity contribution is 5.82. The van der Waals surface area contributed by atoms with Gasteiger partial charge in [0.15, 0.2) is 18.4 Å². The van der Waals surface area contributed by atoms with E-state index in [0.29, 0.717) is 60.4 Å². The first-order chi connectivity index (χ1) is 61.9. The average molecular weight is 1740 g/mol. The predicted octanol–water partition coefficient (Wildman–Crippen LogP) is 6.15. The van der Waals surface area contributed by atoms with Gasteiger partial charge in [-0.15, -0.1) is 0 Å². The molecule has 7 aliphatic carbocycles. The van der Waals surface area contributed by atoms with Crippen LogP contribution in [0, 0.1) is 0 Å². The molecular formula is C94H103N18O16+. The molecule has 7 aliphatic heterocycles. The number of hydrogen-bond acceptors (Lipinski definition) is 29. The molecule has 664 valence electrons. The van der Waals surface area contributed by atoms with Crippen LogP contribution in [0.25, 0.3) is 66.2 Å². The molecule has 6 aromatic carbocycles. The monoisotopic (exact) mass is 1740 g/mol. The number of H-pyrrole nitrogens is 1. The Labute approximate surface area is 733 Å². The van der Waals surface area contributed by atoms with Crippen LogP contribution in [-0.4, -0.2) is 258 Å². The van der Waals surface area contributed by atoms with Crippen LogP contribution < -0.4 is 32.2 Å². The van der Waals surface area contributed by atoms with Crippen molar-refractivity contribution in [3.63, 3.8) is 0 Å². The maximum absolute atomic E-state index is 12.8. The van der Waals surface area contributed by atoms with E-state index in [1.807, 2.05) is 23.8 Å². The van der Waals surface area contributed by atoms with E-state index in [-0.39, 0.29) is 23.5 Å². The molecule has 13 heterocycles. The van der Waals surface area contributed by atoms with Gasteiger partial charge in [0.25, 0.3) is 11.8 Å². The second-order valence-electron chi connectivity index (χ2n) is 36.1. The number of aliphatic carboxylic acids is 1. The van der Waals surface area contributed by atoms with Gasteiger partial charge in [0.2, 0.25) is 18.2 Å². The summed E-state index contributed by atoms with van der Waals surface area (Å²) in [6, 6.07) is 25.9. The Hall–Kier alpha value is -11.5. The predicted molar refractivity (Wildman–Crippen MR) is 467 cm³/mol. The van der Waals surface area contributed by atoms with Crippen molar-refractivity contribution in [3.8, 4) is 0 Å². The molecule has 22 unspecified atom stereocenters. The van der Waals surface area contributed by atoms with E-state index >= 15 is 0 Å². The molecule has 34 heteroatoms. The van der Waals surface area contributed by atoms with Crippen LogP contribution in [-0.2, 0) is 28.6 Å². The van der Waals surface area contributed by atoms with Crippen LogP contribution in [0.15, 0.2) is 146 Å². The number of nitrogens with zero attached hydrogens (tertiary/aromatic N) is 13. The van der Waals surface area contributed by atoms with Crippen molar-refractivity contribution in [3.05, 3.63) is 218 Å². The van der Waals surface area contributed by atoms with E-state index in [1.54, 1.807) is 77.7 Å². The lowest BCUT2D eigenvalue weighted by Crippen LogP contribution is -2.62. The minimum Gasteiger partial charge on any atom is -0.479 e. The second-order valence-corrected chi connectivity index (χ2v) is 36.1. The third-order valence-electron chi connectivity index (χ3n) is 28.9. The molecule has 6 aromatic heterocycles. The molecule has 2 amide bonds. The first kappa shape index (κ1) is 85.9. The smallest absolute Gasteiger partial charge is 0.412 e. The van der Waals surface area contributed by atoms with Crippen LogP contribution in [0.5, 0.6) is 0 Å². The summed E-state index contributed by atoms with van der Waals surface area (Å²) in [7, 11) is 0. The molecule has 12 bridgehead atoms. The number of carbonyl (C=O) groups is 4. The Balaban J connectivity index is 0.000000101. The summed E-state index contributed by atoms with van der Waals surface area (Å²) >= 11 is 0. The average Bonchev–Trinajstić information content (AvgIpc) is 1.63. The van der Waals surface area contributed by atoms with Crippen LogP contribution in [0.1, 0.15) is 202 Å². The van der Waals surface area contributed by atoms with E-state index in [9.17, 15) is 54.9 Å². The highest BCUT2D eigenvalue weighted by Crippen LogP contribution is 2.53. The van der Waals surface area contributed by atoms with E-state index < -0.39 is 80.0 Å². The lowest BCUT2D eigenvalue weighted by molar-refractivity contribution is -0.757. The molecule has 14 aliphatic rings. The van der Waals surface area contributed by atoms with Crippen LogP contribution in [0.2, 0.25) is 0 Å². The van der Waals surface area contributed by atoms with Crippen LogP contribution in [0.4, 0.5) is 4.79 Å². The molecule has 0 spiro atoms. The quantitative estimate of drug-likeness (QED) is 0.0678. The lowest BCUT2D eigenvalue weighted by Gasteiger charge is -2.39. The largest absolute Gasteiger partial charge is 0.479 e. The second kappa shape index (κ2) is 35.9. The van der Waals surface area contributed by atoms with Crippen molar-refractivity contribution >= 4 is 91.5 Å². The maximum Gasteiger partial charge on any atom is 0.412 e. The van der Waals surface area contributed by atoms with Gasteiger partial charge in [0.05, 0.1) is 74.2 Å². The molecule has 1 saturated carbocycles. The zero-order chi connectivity index (χ0) is 87.2. The van der Waals surface area contributed by atoms with E-state index in [4.69, 9.17) is 24.1 Å². The zero-order valence-corrected chi connectivity index (χ0v) is 70.3. The van der Waals surface area contributed by atoms with Gasteiger partial charge in [-0.1, -0.05) is 6.42 Å². The Morgan fingerprint density at radius 2 is 0.797 bits per heavy atom. The summed E-state index contributed by atoms with van der Waals surface area (Å²) in [5.41, 5.74) is 27.5. The molecule has 22 atom stereocenters. The molecule has 8 fully saturated rings. The molecule has 12 aromatic rings. The first-order valence-corrected chi connectivity index (χ1v) is 44.0. The number of hydrogen-bond donors (Lipinski definition) is 13. The summed E-state index contributed by atoms with van der Waals surface area (Å²) in [5, 5.41) is 89.5. The molecule has 0 radical (unpaired) electrons. The van der Waals surface area contributed by atoms with E-state index in [0.717, 1.165) is 167 Å². The summed E-state index contributed by atoms with van der Waals surface area (Å²) < 4.78 is 17.7. The highest BCUT2D eigenvalue weighted by atomic mass is 16.7. The molecule has 26 rings (SSSR count). The Morgan fingerprint density at radius 1 is 0.438 bits per heavy atom. The van der Waals surface area contributed by atoms with Crippen LogP contribution >= 0.6 is 0 Å². The number of carboxylic acid groups (broad SMARTS) is 1. The summed E-state index contributed by atoms with van der Waals surface area (Å²) in [5.74, 6) is 4.80. The number of aromatic nitrogens is 12. The molecule has 128 heavy (non-hydrogen) atoms. The maximum atomic E-state index is 12.8. The topological polar surface area (TPSA) is 501 Å². The summed E-state index contributed by atoms with van der Waals surface area (Å²) in [4.78, 5) is 104. The SMILES string of the molecule is C=O.N.O=C(O)C1OC(OC(=O)N2CC3CC(C2)c2cc4nccnc4cc23)C(O)C(O)C1O.O=CN1CC2CC(C1)c1cc3nccnc3cc12.O=c1cnc2cc3c(cc2[nH]1)C1CNCC3C1.OCC1OC([n+]2ccnc3cc4c(cc32)C2CNCC4C2)C(O)C(O)C1O.c1cnc2cc3c(cc2n1)C1CCCC3C1.c1cnc2cc3c(cc2n1)C1CNCC3C1. The summed E-state index contributed by atoms with van der Waals surface area (Å²) in [6.45, 7) is 10.3. The van der Waals surface area contributed by atoms with Gasteiger partial charge in [-0.25, -0.2) is 19.6 Å². The standard InChI is InChI=1S/C20H21N3O8.C19H24N3O5.C14H13N3O.C14H14N2.C13H13N3O.C13H13N3.CH2O.H3N/c24-14-15(25)17(18(27)28)30-19(16(14)26)31-20(29)23-6-8-3-9(7-23)11-5-13-12(4-10(8)11)21-1-2-22-13;23-8-15-16(24)17(25)18(26)19(27-15)22-2-1-21-13-4-11-9-3-10(7-20-6-9)12(11)5-14(13)22;18-8-17-6-9-3-10(7-17)12-5-14-13(4-11(9)12)15-1-2-16-14;1-2-9-6-10(3-1)12-8-14-13(7-11(9)12)15-4-5-16-14;17-13-6-15-11-2-9-7-1-8(5-14-4-7)10(9)3-12(11)16-13;1-2-16-13-5-11-9-3-8(6-14-7-9)10(11)4-12(13)15-1;1-2;/h1-2,4-5,8-9,14-17,19,24-26H,3,6-7H2,(H,27,28);1-2,4-5,9-10,15-20,23-26H,3,6-8H2;1-2,4-5,8-10H,3,6-7H2;4-5,7-10H,1-3,6H2;2-3,6-8,14H,1,4-5H2,(H,16,17);1-2,4-5,8-9,14H,3,6-7H2;1H2;1H3/q;+1;;;;;;. The number of amides is 2. The zero-order valence-electron chi connectivity index (χ0n) is 70.3. The molecule has 34 nitrogen and oxygen atoms in total. The fourth-order valence-corrected chi connectivity index (χ4v) is 22.9. The number of ether oxygens (including phenoxy) is 3. The van der Waals surface area contributed by atoms with Gasteiger partial charge in [0, 0.05) is 145 Å². The van der Waals surface area contributed by atoms with Crippen molar-refractivity contribution in [1.82, 2.24) is 86.7 Å².